The average Bonchev–Trinajstić information content (AvgIpc) is 2.43. The Kier molecular flexibility index (Phi) is 7.24. The first-order valence-electron chi connectivity index (χ1n) is 6.00. The van der Waals surface area contributed by atoms with Crippen molar-refractivity contribution in [2.24, 2.45) is 5.73 Å². The van der Waals surface area contributed by atoms with Crippen molar-refractivity contribution >= 4 is 45.6 Å². The molecule has 0 fully saturated rings. The first-order chi connectivity index (χ1) is 9.88. The van der Waals surface area contributed by atoms with Gasteiger partial charge in [-0.3, -0.25) is 14.9 Å². The molecule has 1 atom stereocenters. The van der Waals surface area contributed by atoms with Crippen LogP contribution >= 0.6 is 27.7 Å². The highest BCUT2D eigenvalue weighted by Gasteiger charge is 2.17. The number of halogens is 1. The van der Waals surface area contributed by atoms with E-state index in [1.54, 1.807) is 6.92 Å². The summed E-state index contributed by atoms with van der Waals surface area (Å²) in [6.45, 7) is 1.17. The Hall–Kier alpha value is -1.54. The molecule has 0 aliphatic heterocycles. The molecule has 0 radical (unpaired) electrons. The number of rotatable bonds is 6. The van der Waals surface area contributed by atoms with Crippen LogP contribution in [0.15, 0.2) is 28.7 Å². The number of nitrogens with one attached hydrogen (secondary N) is 1. The van der Waals surface area contributed by atoms with E-state index < -0.39 is 29.8 Å². The first-order valence-corrected chi connectivity index (χ1v) is 7.84. The molecule has 0 saturated heterocycles. The summed E-state index contributed by atoms with van der Waals surface area (Å²) in [6.07, 6.45) is 0. The Labute approximate surface area is 134 Å². The van der Waals surface area contributed by atoms with Gasteiger partial charge in [0.1, 0.15) is 0 Å². The third-order valence-corrected chi connectivity index (χ3v) is 4.07. The van der Waals surface area contributed by atoms with Crippen LogP contribution < -0.4 is 11.1 Å². The zero-order valence-electron chi connectivity index (χ0n) is 11.3. The highest BCUT2D eigenvalue weighted by molar-refractivity contribution is 9.10. The molecule has 114 valence electrons. The van der Waals surface area contributed by atoms with Crippen molar-refractivity contribution in [1.82, 2.24) is 5.32 Å². The van der Waals surface area contributed by atoms with Gasteiger partial charge >= 0.3 is 12.0 Å². The number of carbonyl (C=O) groups is 3. The molecule has 1 aromatic rings. The smallest absolute Gasteiger partial charge is 0.319 e. The minimum absolute atomic E-state index is 0.421. The van der Waals surface area contributed by atoms with Crippen LogP contribution in [-0.4, -0.2) is 29.8 Å². The molecule has 0 heterocycles. The number of hydrogen-bond donors (Lipinski definition) is 2. The molecule has 0 aliphatic rings. The number of urea groups is 1. The number of thioether (sulfide) groups is 1. The Morgan fingerprint density at radius 1 is 1.33 bits per heavy atom. The molecule has 1 aromatic carbocycles. The van der Waals surface area contributed by atoms with Crippen molar-refractivity contribution in [3.63, 3.8) is 0 Å². The van der Waals surface area contributed by atoms with Crippen molar-refractivity contribution in [3.05, 3.63) is 34.3 Å². The Bertz CT molecular complexity index is 521. The number of nitrogens with two attached hydrogens (primary N) is 1. The third kappa shape index (κ3) is 7.14. The van der Waals surface area contributed by atoms with Crippen LogP contribution in [0.5, 0.6) is 0 Å². The fourth-order valence-electron chi connectivity index (χ4n) is 1.30. The van der Waals surface area contributed by atoms with E-state index in [1.807, 2.05) is 29.6 Å². The standard InChI is InChI=1S/C13H15BrN2O4S/c1-8(12(18)20-6-11(17)16-13(15)19)21-7-9-2-4-10(14)5-3-9/h2-5,8H,6-7H2,1H3,(H3,15,16,17,19)/t8-/m1/s1. The van der Waals surface area contributed by atoms with E-state index in [0.717, 1.165) is 10.0 Å². The van der Waals surface area contributed by atoms with Gasteiger partial charge < -0.3 is 10.5 Å². The second-order valence-electron chi connectivity index (χ2n) is 4.10. The number of primary amides is 1. The van der Waals surface area contributed by atoms with Crippen LogP contribution in [0, 0.1) is 0 Å². The molecule has 0 aliphatic carbocycles. The summed E-state index contributed by atoms with van der Waals surface area (Å²) in [4.78, 5) is 33.2. The van der Waals surface area contributed by atoms with E-state index in [-0.39, 0.29) is 0 Å². The van der Waals surface area contributed by atoms with E-state index in [2.05, 4.69) is 15.9 Å². The molecule has 0 bridgehead atoms. The fraction of sp³-hybridized carbons (Fsp3) is 0.308. The largest absolute Gasteiger partial charge is 0.455 e. The molecule has 0 unspecified atom stereocenters. The molecular weight excluding hydrogens is 360 g/mol. The van der Waals surface area contributed by atoms with Crippen molar-refractivity contribution in [2.75, 3.05) is 6.61 Å². The van der Waals surface area contributed by atoms with Gasteiger partial charge in [-0.2, -0.15) is 0 Å². The van der Waals surface area contributed by atoms with E-state index in [0.29, 0.717) is 5.75 Å². The molecule has 3 N–H and O–H groups in total. The number of hydrogen-bond acceptors (Lipinski definition) is 5. The zero-order valence-corrected chi connectivity index (χ0v) is 13.7. The van der Waals surface area contributed by atoms with Crippen LogP contribution in [0.1, 0.15) is 12.5 Å². The van der Waals surface area contributed by atoms with Crippen LogP contribution in [0.2, 0.25) is 0 Å². The molecule has 3 amide bonds. The predicted molar refractivity (Wildman–Crippen MR) is 83.6 cm³/mol. The molecule has 8 heteroatoms. The molecule has 6 nitrogen and oxygen atoms in total. The Morgan fingerprint density at radius 2 is 1.95 bits per heavy atom. The maximum atomic E-state index is 11.7. The lowest BCUT2D eigenvalue weighted by atomic mass is 10.2. The monoisotopic (exact) mass is 374 g/mol. The SMILES string of the molecule is C[C@@H](SCc1ccc(Br)cc1)C(=O)OCC(=O)NC(N)=O. The quantitative estimate of drug-likeness (QED) is 0.739. The number of imide groups is 1. The summed E-state index contributed by atoms with van der Waals surface area (Å²) in [5.74, 6) is -0.616. The fourth-order valence-corrected chi connectivity index (χ4v) is 2.40. The highest BCUT2D eigenvalue weighted by atomic mass is 79.9. The van der Waals surface area contributed by atoms with Crippen molar-refractivity contribution < 1.29 is 19.1 Å². The molecule has 21 heavy (non-hydrogen) atoms. The second kappa shape index (κ2) is 8.68. The van der Waals surface area contributed by atoms with Gasteiger partial charge in [-0.1, -0.05) is 28.1 Å². The van der Waals surface area contributed by atoms with Crippen LogP contribution in [-0.2, 0) is 20.1 Å². The predicted octanol–water partition coefficient (Wildman–Crippen LogP) is 1.81. The minimum Gasteiger partial charge on any atom is -0.455 e. The van der Waals surface area contributed by atoms with Crippen LogP contribution in [0.3, 0.4) is 0 Å². The summed E-state index contributed by atoms with van der Waals surface area (Å²) >= 11 is 4.74. The Balaban J connectivity index is 2.32. The number of benzene rings is 1. The van der Waals surface area contributed by atoms with E-state index >= 15 is 0 Å². The summed E-state index contributed by atoms with van der Waals surface area (Å²) in [7, 11) is 0. The maximum absolute atomic E-state index is 11.7. The van der Waals surface area contributed by atoms with E-state index in [4.69, 9.17) is 10.5 Å². The van der Waals surface area contributed by atoms with E-state index in [1.165, 1.54) is 11.8 Å². The topological polar surface area (TPSA) is 98.5 Å². The van der Waals surface area contributed by atoms with Crippen molar-refractivity contribution in [2.45, 2.75) is 17.9 Å². The molecule has 0 saturated carbocycles. The van der Waals surface area contributed by atoms with Crippen molar-refractivity contribution in [3.8, 4) is 0 Å². The normalized spacial score (nSPS) is 11.5. The highest BCUT2D eigenvalue weighted by Crippen LogP contribution is 2.20. The molecular formula is C13H15BrN2O4S. The van der Waals surface area contributed by atoms with Gasteiger partial charge in [0, 0.05) is 10.2 Å². The lowest BCUT2D eigenvalue weighted by Gasteiger charge is -2.11. The van der Waals surface area contributed by atoms with E-state index in [9.17, 15) is 14.4 Å². The van der Waals surface area contributed by atoms with Gasteiger partial charge in [0.15, 0.2) is 6.61 Å². The van der Waals surface area contributed by atoms with Gasteiger partial charge in [0.05, 0.1) is 5.25 Å². The Morgan fingerprint density at radius 3 is 2.52 bits per heavy atom. The molecule has 0 spiro atoms. The lowest BCUT2D eigenvalue weighted by molar-refractivity contribution is -0.147. The molecule has 0 aromatic heterocycles. The zero-order chi connectivity index (χ0) is 15.8. The summed E-state index contributed by atoms with van der Waals surface area (Å²) in [5.41, 5.74) is 5.84. The minimum atomic E-state index is -0.978. The third-order valence-electron chi connectivity index (χ3n) is 2.35. The number of amides is 3. The van der Waals surface area contributed by atoms with Gasteiger partial charge in [-0.05, 0) is 24.6 Å². The number of esters is 1. The van der Waals surface area contributed by atoms with Gasteiger partial charge in [0.25, 0.3) is 5.91 Å². The first kappa shape index (κ1) is 17.5. The summed E-state index contributed by atoms with van der Waals surface area (Å²) < 4.78 is 5.78. The number of ether oxygens (including phenoxy) is 1. The second-order valence-corrected chi connectivity index (χ2v) is 6.34. The van der Waals surface area contributed by atoms with Crippen LogP contribution in [0.4, 0.5) is 4.79 Å². The van der Waals surface area contributed by atoms with Gasteiger partial charge in [-0.25, -0.2) is 4.79 Å². The maximum Gasteiger partial charge on any atom is 0.319 e. The lowest BCUT2D eigenvalue weighted by Crippen LogP contribution is -2.38. The summed E-state index contributed by atoms with van der Waals surface area (Å²) in [5, 5.41) is 1.39. The van der Waals surface area contributed by atoms with Gasteiger partial charge in [-0.15, -0.1) is 11.8 Å². The number of carbonyl (C=O) groups excluding carboxylic acids is 3. The molecule has 1 rings (SSSR count). The van der Waals surface area contributed by atoms with Crippen LogP contribution in [0.25, 0.3) is 0 Å². The average molecular weight is 375 g/mol. The summed E-state index contributed by atoms with van der Waals surface area (Å²) in [6, 6.07) is 6.78. The van der Waals surface area contributed by atoms with Crippen molar-refractivity contribution in [1.29, 1.82) is 0 Å². The van der Waals surface area contributed by atoms with Gasteiger partial charge in [0.2, 0.25) is 0 Å².